The van der Waals surface area contributed by atoms with Crippen LogP contribution in [0.4, 0.5) is 5.69 Å². The molecule has 0 aromatic heterocycles. The fourth-order valence-electron chi connectivity index (χ4n) is 2.10. The lowest BCUT2D eigenvalue weighted by Gasteiger charge is -2.11. The highest BCUT2D eigenvalue weighted by Gasteiger charge is 2.08. The molecule has 124 valence electrons. The van der Waals surface area contributed by atoms with Crippen LogP contribution in [-0.2, 0) is 11.2 Å². The molecule has 5 heteroatoms. The zero-order chi connectivity index (χ0) is 17.4. The van der Waals surface area contributed by atoms with E-state index in [0.29, 0.717) is 13.0 Å². The van der Waals surface area contributed by atoms with Gasteiger partial charge in [0.05, 0.1) is 6.42 Å². The minimum atomic E-state index is -0.146. The quantitative estimate of drug-likeness (QED) is 0.623. The van der Waals surface area contributed by atoms with Crippen molar-refractivity contribution < 1.29 is 9.53 Å². The summed E-state index contributed by atoms with van der Waals surface area (Å²) in [6, 6.07) is 15.1. The van der Waals surface area contributed by atoms with E-state index in [2.05, 4.69) is 17.2 Å². The van der Waals surface area contributed by atoms with E-state index in [1.165, 1.54) is 0 Å². The van der Waals surface area contributed by atoms with E-state index in [1.807, 2.05) is 55.5 Å². The minimum Gasteiger partial charge on any atom is -0.490 e. The summed E-state index contributed by atoms with van der Waals surface area (Å²) < 4.78 is 5.41. The molecule has 24 heavy (non-hydrogen) atoms. The normalized spacial score (nSPS) is 9.88. The molecule has 0 atom stereocenters. The van der Waals surface area contributed by atoms with Crippen molar-refractivity contribution in [1.29, 1.82) is 0 Å². The predicted octanol–water partition coefficient (Wildman–Crippen LogP) is 3.62. The Labute approximate surface area is 147 Å². The number of thiocarbonyl (C=S) groups is 1. The SMILES string of the molecule is C=CCOc1ccc(NC(=S)NC(=O)Cc2ccccc2C)cc1. The second kappa shape index (κ2) is 8.84. The Hall–Kier alpha value is -2.66. The van der Waals surface area contributed by atoms with Crippen LogP contribution in [0.25, 0.3) is 0 Å². The molecular formula is C19H20N2O2S. The van der Waals surface area contributed by atoms with Crippen molar-refractivity contribution in [2.24, 2.45) is 0 Å². The topological polar surface area (TPSA) is 50.4 Å². The zero-order valence-corrected chi connectivity index (χ0v) is 14.4. The van der Waals surface area contributed by atoms with Gasteiger partial charge in [-0.3, -0.25) is 4.79 Å². The lowest BCUT2D eigenvalue weighted by Crippen LogP contribution is -2.35. The second-order valence-electron chi connectivity index (χ2n) is 5.23. The van der Waals surface area contributed by atoms with E-state index in [0.717, 1.165) is 22.6 Å². The summed E-state index contributed by atoms with van der Waals surface area (Å²) in [5.74, 6) is 0.600. The van der Waals surface area contributed by atoms with Gasteiger partial charge in [-0.25, -0.2) is 0 Å². The first-order valence-electron chi connectivity index (χ1n) is 7.57. The fraction of sp³-hybridized carbons (Fsp3) is 0.158. The highest BCUT2D eigenvalue weighted by atomic mass is 32.1. The molecule has 2 aromatic carbocycles. The average molecular weight is 340 g/mol. The highest BCUT2D eigenvalue weighted by Crippen LogP contribution is 2.15. The van der Waals surface area contributed by atoms with Crippen molar-refractivity contribution in [2.75, 3.05) is 11.9 Å². The standard InChI is InChI=1S/C19H20N2O2S/c1-3-12-23-17-10-8-16(9-11-17)20-19(24)21-18(22)13-15-7-5-4-6-14(15)2/h3-11H,1,12-13H2,2H3,(H2,20,21,22,24). The summed E-state index contributed by atoms with van der Waals surface area (Å²) in [6.07, 6.45) is 1.98. The molecule has 0 radical (unpaired) electrons. The van der Waals surface area contributed by atoms with Crippen LogP contribution in [0.1, 0.15) is 11.1 Å². The van der Waals surface area contributed by atoms with Gasteiger partial charge in [-0.15, -0.1) is 0 Å². The first kappa shape index (κ1) is 17.7. The molecule has 1 amide bonds. The van der Waals surface area contributed by atoms with Crippen LogP contribution in [0, 0.1) is 6.92 Å². The Balaban J connectivity index is 1.85. The number of amides is 1. The largest absolute Gasteiger partial charge is 0.490 e. The van der Waals surface area contributed by atoms with Gasteiger partial charge in [0.1, 0.15) is 12.4 Å². The number of hydrogen-bond acceptors (Lipinski definition) is 3. The van der Waals surface area contributed by atoms with E-state index in [4.69, 9.17) is 17.0 Å². The number of hydrogen-bond donors (Lipinski definition) is 2. The Morgan fingerprint density at radius 2 is 1.92 bits per heavy atom. The molecule has 0 unspecified atom stereocenters. The van der Waals surface area contributed by atoms with Gasteiger partial charge < -0.3 is 15.4 Å². The maximum atomic E-state index is 12.1. The lowest BCUT2D eigenvalue weighted by molar-refractivity contribution is -0.119. The number of nitrogens with one attached hydrogen (secondary N) is 2. The zero-order valence-electron chi connectivity index (χ0n) is 13.5. The van der Waals surface area contributed by atoms with E-state index in [9.17, 15) is 4.79 Å². The number of carbonyl (C=O) groups excluding carboxylic acids is 1. The van der Waals surface area contributed by atoms with Crippen LogP contribution in [0.2, 0.25) is 0 Å². The summed E-state index contributed by atoms with van der Waals surface area (Å²) in [4.78, 5) is 12.1. The molecule has 0 aliphatic rings. The average Bonchev–Trinajstić information content (AvgIpc) is 2.56. The van der Waals surface area contributed by atoms with Gasteiger partial charge in [0.2, 0.25) is 5.91 Å². The summed E-state index contributed by atoms with van der Waals surface area (Å²) in [5.41, 5.74) is 2.85. The van der Waals surface area contributed by atoms with Crippen molar-refractivity contribution in [3.05, 3.63) is 72.3 Å². The molecule has 4 nitrogen and oxygen atoms in total. The van der Waals surface area contributed by atoms with Gasteiger partial charge >= 0.3 is 0 Å². The number of aryl methyl sites for hydroxylation is 1. The van der Waals surface area contributed by atoms with Gasteiger partial charge in [0.15, 0.2) is 5.11 Å². The van der Waals surface area contributed by atoms with Crippen molar-refractivity contribution >= 4 is 28.9 Å². The van der Waals surface area contributed by atoms with Crippen LogP contribution < -0.4 is 15.4 Å². The van der Waals surface area contributed by atoms with Gasteiger partial charge in [-0.05, 0) is 54.5 Å². The Bertz CT molecular complexity index is 726. The number of anilines is 1. The summed E-state index contributed by atoms with van der Waals surface area (Å²) in [5, 5.41) is 5.94. The van der Waals surface area contributed by atoms with Crippen LogP contribution in [-0.4, -0.2) is 17.6 Å². The molecule has 0 spiro atoms. The van der Waals surface area contributed by atoms with Crippen LogP contribution >= 0.6 is 12.2 Å². The van der Waals surface area contributed by atoms with Gasteiger partial charge in [-0.1, -0.05) is 36.9 Å². The van der Waals surface area contributed by atoms with Crippen molar-refractivity contribution in [2.45, 2.75) is 13.3 Å². The van der Waals surface area contributed by atoms with E-state index < -0.39 is 0 Å². The molecule has 0 saturated heterocycles. The van der Waals surface area contributed by atoms with Crippen LogP contribution in [0.5, 0.6) is 5.75 Å². The highest BCUT2D eigenvalue weighted by molar-refractivity contribution is 7.80. The third kappa shape index (κ3) is 5.52. The first-order chi connectivity index (χ1) is 11.6. The first-order valence-corrected chi connectivity index (χ1v) is 7.98. The molecular weight excluding hydrogens is 320 g/mol. The van der Waals surface area contributed by atoms with Crippen LogP contribution in [0.3, 0.4) is 0 Å². The lowest BCUT2D eigenvalue weighted by atomic mass is 10.1. The molecule has 0 bridgehead atoms. The fourth-order valence-corrected chi connectivity index (χ4v) is 2.34. The monoisotopic (exact) mass is 340 g/mol. The summed E-state index contributed by atoms with van der Waals surface area (Å²) >= 11 is 5.18. The van der Waals surface area contributed by atoms with Crippen molar-refractivity contribution in [3.63, 3.8) is 0 Å². The number of ether oxygens (including phenoxy) is 1. The van der Waals surface area contributed by atoms with E-state index >= 15 is 0 Å². The van der Waals surface area contributed by atoms with Gasteiger partial charge in [0, 0.05) is 5.69 Å². The summed E-state index contributed by atoms with van der Waals surface area (Å²) in [6.45, 7) is 6.04. The number of benzene rings is 2. The molecule has 0 aliphatic heterocycles. The van der Waals surface area contributed by atoms with Crippen molar-refractivity contribution in [3.8, 4) is 5.75 Å². The molecule has 0 fully saturated rings. The molecule has 0 heterocycles. The Morgan fingerprint density at radius 3 is 2.58 bits per heavy atom. The smallest absolute Gasteiger partial charge is 0.230 e. The number of rotatable bonds is 6. The van der Waals surface area contributed by atoms with Crippen molar-refractivity contribution in [1.82, 2.24) is 5.32 Å². The third-order valence-corrected chi connectivity index (χ3v) is 3.55. The van der Waals surface area contributed by atoms with E-state index in [-0.39, 0.29) is 11.0 Å². The van der Waals surface area contributed by atoms with E-state index in [1.54, 1.807) is 6.08 Å². The Morgan fingerprint density at radius 1 is 1.21 bits per heavy atom. The molecule has 0 aliphatic carbocycles. The molecule has 0 saturated carbocycles. The molecule has 2 N–H and O–H groups in total. The third-order valence-electron chi connectivity index (χ3n) is 3.35. The second-order valence-corrected chi connectivity index (χ2v) is 5.64. The van der Waals surface area contributed by atoms with Crippen LogP contribution in [0.15, 0.2) is 61.2 Å². The molecule has 2 aromatic rings. The predicted molar refractivity (Wildman–Crippen MR) is 101 cm³/mol. The maximum absolute atomic E-state index is 12.1. The van der Waals surface area contributed by atoms with Gasteiger partial charge in [0.25, 0.3) is 0 Å². The maximum Gasteiger partial charge on any atom is 0.230 e. The number of carbonyl (C=O) groups is 1. The Kier molecular flexibility index (Phi) is 6.51. The minimum absolute atomic E-state index is 0.146. The summed E-state index contributed by atoms with van der Waals surface area (Å²) in [7, 11) is 0. The molecule has 2 rings (SSSR count). The van der Waals surface area contributed by atoms with Gasteiger partial charge in [-0.2, -0.15) is 0 Å².